The highest BCUT2D eigenvalue weighted by molar-refractivity contribution is 7.22. The lowest BCUT2D eigenvalue weighted by Crippen LogP contribution is -2.31. The first-order valence-corrected chi connectivity index (χ1v) is 8.99. The summed E-state index contributed by atoms with van der Waals surface area (Å²) < 4.78 is 6.32. The van der Waals surface area contributed by atoms with Crippen LogP contribution in [0.1, 0.15) is 16.2 Å². The second kappa shape index (κ2) is 7.46. The zero-order valence-corrected chi connectivity index (χ0v) is 15.3. The van der Waals surface area contributed by atoms with Gasteiger partial charge in [0, 0.05) is 18.6 Å². The maximum Gasteiger partial charge on any atom is 0.280 e. The van der Waals surface area contributed by atoms with E-state index in [4.69, 9.17) is 4.74 Å². The number of nitrogens with zero attached hydrogens (tertiary/aromatic N) is 5. The number of para-hydroxylation sites is 1. The molecule has 0 aliphatic carbocycles. The van der Waals surface area contributed by atoms with Crippen molar-refractivity contribution in [3.63, 3.8) is 0 Å². The van der Waals surface area contributed by atoms with E-state index in [0.717, 1.165) is 15.9 Å². The first-order valence-electron chi connectivity index (χ1n) is 8.17. The summed E-state index contributed by atoms with van der Waals surface area (Å²) in [7, 11) is 1.60. The Kier molecular flexibility index (Phi) is 4.71. The molecule has 1 amide bonds. The zero-order chi connectivity index (χ0) is 18.6. The summed E-state index contributed by atoms with van der Waals surface area (Å²) in [6.45, 7) is 0.276. The molecule has 0 fully saturated rings. The van der Waals surface area contributed by atoms with Gasteiger partial charge < -0.3 is 4.74 Å². The molecule has 1 aromatic carbocycles. The predicted octanol–water partition coefficient (Wildman–Crippen LogP) is 3.34. The number of anilines is 1. The molecule has 0 spiro atoms. The van der Waals surface area contributed by atoms with Crippen LogP contribution in [0.15, 0.2) is 61.2 Å². The highest BCUT2D eigenvalue weighted by Crippen LogP contribution is 2.35. The van der Waals surface area contributed by atoms with Gasteiger partial charge in [0.1, 0.15) is 17.0 Å². The Hall–Kier alpha value is -3.39. The van der Waals surface area contributed by atoms with E-state index in [1.807, 2.05) is 36.4 Å². The Balaban J connectivity index is 1.79. The average Bonchev–Trinajstić information content (AvgIpc) is 3.17. The number of hydrogen-bond donors (Lipinski definition) is 0. The van der Waals surface area contributed by atoms with Gasteiger partial charge in [-0.2, -0.15) is 0 Å². The van der Waals surface area contributed by atoms with Crippen molar-refractivity contribution in [2.45, 2.75) is 6.54 Å². The number of aromatic nitrogens is 4. The third kappa shape index (κ3) is 3.47. The average molecular weight is 377 g/mol. The molecule has 0 N–H and O–H groups in total. The van der Waals surface area contributed by atoms with E-state index in [0.29, 0.717) is 10.9 Å². The monoisotopic (exact) mass is 377 g/mol. The van der Waals surface area contributed by atoms with Gasteiger partial charge in [0.15, 0.2) is 5.13 Å². The number of ether oxygens (including phenoxy) is 1. The standard InChI is InChI=1S/C19H15N5O2S/c1-26-15-6-4-7-16-17(15)23-19(27-16)24(12-13-5-2-3-8-21-13)18(25)14-11-20-9-10-22-14/h2-11H,12H2,1H3. The van der Waals surface area contributed by atoms with Crippen LogP contribution in [0.4, 0.5) is 5.13 Å². The maximum atomic E-state index is 13.1. The molecule has 0 aliphatic rings. The van der Waals surface area contributed by atoms with Crippen LogP contribution in [0, 0.1) is 0 Å². The van der Waals surface area contributed by atoms with Crippen LogP contribution in [-0.2, 0) is 6.54 Å². The van der Waals surface area contributed by atoms with Crippen molar-refractivity contribution < 1.29 is 9.53 Å². The maximum absolute atomic E-state index is 13.1. The number of pyridine rings is 1. The number of rotatable bonds is 5. The van der Waals surface area contributed by atoms with E-state index in [1.165, 1.54) is 29.9 Å². The number of benzene rings is 1. The molecule has 8 heteroatoms. The van der Waals surface area contributed by atoms with Crippen LogP contribution in [-0.4, -0.2) is 33.0 Å². The van der Waals surface area contributed by atoms with Crippen molar-refractivity contribution in [2.75, 3.05) is 12.0 Å². The molecule has 3 aromatic heterocycles. The van der Waals surface area contributed by atoms with E-state index in [-0.39, 0.29) is 18.1 Å². The van der Waals surface area contributed by atoms with Crippen molar-refractivity contribution in [3.05, 3.63) is 72.6 Å². The lowest BCUT2D eigenvalue weighted by molar-refractivity contribution is 0.0979. The van der Waals surface area contributed by atoms with Gasteiger partial charge in [0.05, 0.1) is 30.2 Å². The summed E-state index contributed by atoms with van der Waals surface area (Å²) >= 11 is 1.42. The lowest BCUT2D eigenvalue weighted by atomic mass is 10.3. The van der Waals surface area contributed by atoms with Crippen molar-refractivity contribution in [3.8, 4) is 5.75 Å². The summed E-state index contributed by atoms with van der Waals surface area (Å²) in [5.74, 6) is 0.381. The zero-order valence-electron chi connectivity index (χ0n) is 14.4. The number of amides is 1. The van der Waals surface area contributed by atoms with Crippen molar-refractivity contribution >= 4 is 32.6 Å². The SMILES string of the molecule is COc1cccc2sc(N(Cc3ccccn3)C(=O)c3cnccn3)nc12. The molecule has 0 bridgehead atoms. The molecule has 0 saturated heterocycles. The number of carbonyl (C=O) groups excluding carboxylic acids is 1. The molecule has 0 saturated carbocycles. The number of methoxy groups -OCH3 is 1. The van der Waals surface area contributed by atoms with Gasteiger partial charge in [-0.3, -0.25) is 19.7 Å². The van der Waals surface area contributed by atoms with Crippen LogP contribution in [0.2, 0.25) is 0 Å². The Bertz CT molecular complexity index is 1070. The van der Waals surface area contributed by atoms with E-state index in [1.54, 1.807) is 18.2 Å². The largest absolute Gasteiger partial charge is 0.494 e. The van der Waals surface area contributed by atoms with Gasteiger partial charge in [-0.05, 0) is 24.3 Å². The van der Waals surface area contributed by atoms with E-state index in [9.17, 15) is 4.79 Å². The minimum atomic E-state index is -0.285. The number of fused-ring (bicyclic) bond motifs is 1. The number of thiazole rings is 1. The fraction of sp³-hybridized carbons (Fsp3) is 0.105. The van der Waals surface area contributed by atoms with Gasteiger partial charge in [0.25, 0.3) is 5.91 Å². The van der Waals surface area contributed by atoms with E-state index < -0.39 is 0 Å². The minimum absolute atomic E-state index is 0.250. The fourth-order valence-corrected chi connectivity index (χ4v) is 3.60. The summed E-state index contributed by atoms with van der Waals surface area (Å²) in [6, 6.07) is 11.3. The highest BCUT2D eigenvalue weighted by Gasteiger charge is 2.24. The van der Waals surface area contributed by atoms with Gasteiger partial charge in [-0.15, -0.1) is 0 Å². The number of carbonyl (C=O) groups is 1. The summed E-state index contributed by atoms with van der Waals surface area (Å²) in [5.41, 5.74) is 1.72. The molecule has 0 aliphatic heterocycles. The molecule has 0 unspecified atom stereocenters. The molecule has 0 atom stereocenters. The first kappa shape index (κ1) is 17.0. The summed E-state index contributed by atoms with van der Waals surface area (Å²) in [5, 5.41) is 0.552. The topological polar surface area (TPSA) is 81.1 Å². The Labute approximate surface area is 159 Å². The van der Waals surface area contributed by atoms with Crippen LogP contribution >= 0.6 is 11.3 Å². The molecule has 4 aromatic rings. The quantitative estimate of drug-likeness (QED) is 0.531. The summed E-state index contributed by atoms with van der Waals surface area (Å²) in [4.78, 5) is 31.8. The van der Waals surface area contributed by atoms with Crippen LogP contribution in [0.5, 0.6) is 5.75 Å². The first-order chi connectivity index (χ1) is 13.3. The normalized spacial score (nSPS) is 10.7. The van der Waals surface area contributed by atoms with Gasteiger partial charge in [-0.1, -0.05) is 23.5 Å². The van der Waals surface area contributed by atoms with Crippen LogP contribution < -0.4 is 9.64 Å². The molecular weight excluding hydrogens is 362 g/mol. The molecule has 134 valence electrons. The van der Waals surface area contributed by atoms with E-state index >= 15 is 0 Å². The summed E-state index contributed by atoms with van der Waals surface area (Å²) in [6.07, 6.45) is 6.17. The van der Waals surface area contributed by atoms with Gasteiger partial charge >= 0.3 is 0 Å². The van der Waals surface area contributed by atoms with Gasteiger partial charge in [0.2, 0.25) is 0 Å². The molecule has 7 nitrogen and oxygen atoms in total. The fourth-order valence-electron chi connectivity index (χ4n) is 2.62. The number of hydrogen-bond acceptors (Lipinski definition) is 7. The smallest absolute Gasteiger partial charge is 0.280 e. The third-order valence-electron chi connectivity index (χ3n) is 3.90. The van der Waals surface area contributed by atoms with E-state index in [2.05, 4.69) is 19.9 Å². The van der Waals surface area contributed by atoms with Crippen LogP contribution in [0.25, 0.3) is 10.2 Å². The second-order valence-corrected chi connectivity index (χ2v) is 6.62. The minimum Gasteiger partial charge on any atom is -0.494 e. The van der Waals surface area contributed by atoms with Gasteiger partial charge in [-0.25, -0.2) is 9.97 Å². The molecule has 4 rings (SSSR count). The Morgan fingerprint density at radius 3 is 2.78 bits per heavy atom. The van der Waals surface area contributed by atoms with Crippen molar-refractivity contribution in [1.82, 2.24) is 19.9 Å². The van der Waals surface area contributed by atoms with Crippen molar-refractivity contribution in [2.24, 2.45) is 0 Å². The highest BCUT2D eigenvalue weighted by atomic mass is 32.1. The lowest BCUT2D eigenvalue weighted by Gasteiger charge is -2.18. The molecule has 3 heterocycles. The van der Waals surface area contributed by atoms with Crippen molar-refractivity contribution in [1.29, 1.82) is 0 Å². The Morgan fingerprint density at radius 1 is 1.11 bits per heavy atom. The molecule has 27 heavy (non-hydrogen) atoms. The third-order valence-corrected chi connectivity index (χ3v) is 4.94. The van der Waals surface area contributed by atoms with Crippen LogP contribution in [0.3, 0.4) is 0 Å². The Morgan fingerprint density at radius 2 is 2.04 bits per heavy atom. The second-order valence-electron chi connectivity index (χ2n) is 5.61. The molecular formula is C19H15N5O2S. The predicted molar refractivity (Wildman–Crippen MR) is 103 cm³/mol. The molecule has 0 radical (unpaired) electrons.